The summed E-state index contributed by atoms with van der Waals surface area (Å²) in [5.41, 5.74) is 4.89. The minimum absolute atomic E-state index is 0. The topological polar surface area (TPSA) is 113 Å². The van der Waals surface area contributed by atoms with Crippen molar-refractivity contribution < 1.29 is 18.3 Å². The number of rotatable bonds is 8. The van der Waals surface area contributed by atoms with Crippen molar-refractivity contribution in [2.75, 3.05) is 18.4 Å². The number of nitrogens with one attached hydrogen (secondary N) is 1. The monoisotopic (exact) mass is 393 g/mol. The van der Waals surface area contributed by atoms with Gasteiger partial charge in [0, 0.05) is 13.1 Å². The largest absolute Gasteiger partial charge is 0.506 e. The molecular weight excluding hydrogens is 366 g/mol. The van der Waals surface area contributed by atoms with Crippen LogP contribution >= 0.6 is 12.4 Å². The van der Waals surface area contributed by atoms with Gasteiger partial charge in [0.25, 0.3) is 0 Å². The van der Waals surface area contributed by atoms with Gasteiger partial charge in [0.15, 0.2) is 0 Å². The number of carbonyl (C=O) groups is 1. The Morgan fingerprint density at radius 1 is 1.28 bits per heavy atom. The van der Waals surface area contributed by atoms with Crippen LogP contribution in [0.4, 0.5) is 5.69 Å². The summed E-state index contributed by atoms with van der Waals surface area (Å²) < 4.78 is 26.4. The predicted molar refractivity (Wildman–Crippen MR) is 102 cm³/mol. The zero-order valence-electron chi connectivity index (χ0n) is 15.1. The van der Waals surface area contributed by atoms with E-state index >= 15 is 0 Å². The molecule has 1 rings (SSSR count). The summed E-state index contributed by atoms with van der Waals surface area (Å²) in [5.74, 6) is -0.689. The zero-order valence-corrected chi connectivity index (χ0v) is 16.7. The van der Waals surface area contributed by atoms with Gasteiger partial charge < -0.3 is 16.2 Å². The number of nitrogens with two attached hydrogens (primary N) is 1. The van der Waals surface area contributed by atoms with E-state index in [9.17, 15) is 18.3 Å². The van der Waals surface area contributed by atoms with Gasteiger partial charge in [0.05, 0.1) is 16.1 Å². The van der Waals surface area contributed by atoms with Gasteiger partial charge in [-0.3, -0.25) is 4.79 Å². The third kappa shape index (κ3) is 5.57. The van der Waals surface area contributed by atoms with Gasteiger partial charge in [-0.15, -0.1) is 12.4 Å². The average molecular weight is 394 g/mol. The zero-order chi connectivity index (χ0) is 18.5. The van der Waals surface area contributed by atoms with Crippen molar-refractivity contribution in [3.8, 4) is 5.75 Å². The Bertz CT molecular complexity index is 689. The normalized spacial score (nSPS) is 13.8. The molecule has 0 bridgehead atoms. The number of benzene rings is 1. The van der Waals surface area contributed by atoms with Gasteiger partial charge >= 0.3 is 0 Å². The lowest BCUT2D eigenvalue weighted by Gasteiger charge is -2.23. The third-order valence-corrected chi connectivity index (χ3v) is 5.89. The minimum atomic E-state index is -3.68. The van der Waals surface area contributed by atoms with Crippen LogP contribution in [-0.2, 0) is 14.8 Å². The van der Waals surface area contributed by atoms with Crippen molar-refractivity contribution in [2.24, 2.45) is 5.73 Å². The first-order valence-corrected chi connectivity index (χ1v) is 9.47. The summed E-state index contributed by atoms with van der Waals surface area (Å²) >= 11 is 0. The van der Waals surface area contributed by atoms with Crippen molar-refractivity contribution in [1.82, 2.24) is 4.31 Å². The highest BCUT2D eigenvalue weighted by Gasteiger charge is 2.29. The highest BCUT2D eigenvalue weighted by molar-refractivity contribution is 7.89. The molecule has 0 fully saturated rings. The fourth-order valence-corrected chi connectivity index (χ4v) is 3.87. The predicted octanol–water partition coefficient (Wildman–Crippen LogP) is 2.30. The molecule has 0 saturated carbocycles. The maximum Gasteiger partial charge on any atom is 0.244 e. The first-order valence-electron chi connectivity index (χ1n) is 8.03. The summed E-state index contributed by atoms with van der Waals surface area (Å²) in [6, 6.07) is 3.81. The van der Waals surface area contributed by atoms with Crippen molar-refractivity contribution in [3.63, 3.8) is 0 Å². The van der Waals surface area contributed by atoms with Crippen LogP contribution in [0.2, 0.25) is 0 Å². The second-order valence-electron chi connectivity index (χ2n) is 5.89. The van der Waals surface area contributed by atoms with Gasteiger partial charge in [-0.2, -0.15) is 4.31 Å². The number of anilines is 1. The fraction of sp³-hybridized carbons (Fsp3) is 0.562. The molecule has 0 aliphatic carbocycles. The molecule has 1 unspecified atom stereocenters. The number of carbonyl (C=O) groups excluding carboxylic acids is 1. The first-order chi connectivity index (χ1) is 11.1. The Hall–Kier alpha value is -1.35. The maximum atomic E-state index is 12.6. The summed E-state index contributed by atoms with van der Waals surface area (Å²) in [6.07, 6.45) is 1.19. The number of phenolic OH excluding ortho intramolecular Hbond substituents is 1. The molecule has 144 valence electrons. The molecule has 0 spiro atoms. The van der Waals surface area contributed by atoms with Crippen LogP contribution in [0, 0.1) is 0 Å². The van der Waals surface area contributed by atoms with E-state index in [-0.39, 0.29) is 28.7 Å². The summed E-state index contributed by atoms with van der Waals surface area (Å²) in [6.45, 7) is 7.66. The van der Waals surface area contributed by atoms with E-state index in [0.29, 0.717) is 19.5 Å². The van der Waals surface area contributed by atoms with Crippen LogP contribution in [0.5, 0.6) is 5.75 Å². The second-order valence-corrected chi connectivity index (χ2v) is 7.83. The molecule has 25 heavy (non-hydrogen) atoms. The van der Waals surface area contributed by atoms with E-state index in [0.717, 1.165) is 6.42 Å². The summed E-state index contributed by atoms with van der Waals surface area (Å²) in [5, 5.41) is 12.5. The molecular formula is C16H28ClN3O4S. The van der Waals surface area contributed by atoms with Crippen LogP contribution in [-0.4, -0.2) is 42.4 Å². The molecule has 1 aromatic rings. The number of hydrogen-bond donors (Lipinski definition) is 3. The minimum Gasteiger partial charge on any atom is -0.506 e. The Kier molecular flexibility index (Phi) is 8.87. The molecule has 0 aliphatic rings. The van der Waals surface area contributed by atoms with E-state index < -0.39 is 21.5 Å². The second kappa shape index (κ2) is 9.38. The fourth-order valence-electron chi connectivity index (χ4n) is 2.39. The number of hydrogen-bond acceptors (Lipinski definition) is 5. The third-order valence-electron chi connectivity index (χ3n) is 3.85. The summed E-state index contributed by atoms with van der Waals surface area (Å²) in [7, 11) is -3.68. The quantitative estimate of drug-likeness (QED) is 0.586. The summed E-state index contributed by atoms with van der Waals surface area (Å²) in [4.78, 5) is 12.3. The van der Waals surface area contributed by atoms with Crippen LogP contribution in [0.3, 0.4) is 0 Å². The molecule has 1 aromatic carbocycles. The van der Waals surface area contributed by atoms with E-state index in [4.69, 9.17) is 5.73 Å². The van der Waals surface area contributed by atoms with E-state index in [1.807, 2.05) is 6.92 Å². The number of sulfonamides is 1. The van der Waals surface area contributed by atoms with Crippen molar-refractivity contribution in [2.45, 2.75) is 51.0 Å². The lowest BCUT2D eigenvalue weighted by Crippen LogP contribution is -2.48. The van der Waals surface area contributed by atoms with Crippen LogP contribution in [0.1, 0.15) is 40.5 Å². The highest BCUT2D eigenvalue weighted by Crippen LogP contribution is 2.28. The van der Waals surface area contributed by atoms with Gasteiger partial charge in [-0.05, 0) is 31.5 Å². The molecule has 1 atom stereocenters. The first kappa shape index (κ1) is 23.6. The molecule has 1 amide bonds. The van der Waals surface area contributed by atoms with Crippen LogP contribution in [0.25, 0.3) is 0 Å². The number of aromatic hydroxyl groups is 1. The lowest BCUT2D eigenvalue weighted by molar-refractivity contribution is -0.120. The molecule has 0 heterocycles. The number of phenols is 1. The van der Waals surface area contributed by atoms with Crippen molar-refractivity contribution >= 4 is 34.0 Å². The molecule has 0 aromatic heterocycles. The molecule has 9 heteroatoms. The maximum absolute atomic E-state index is 12.6. The van der Waals surface area contributed by atoms with Crippen molar-refractivity contribution in [3.05, 3.63) is 18.2 Å². The Labute approximate surface area is 156 Å². The SMILES string of the molecule is CCCC(C)(N)C(=O)Nc1cc(S(=O)(=O)N(CC)CC)ccc1O.Cl. The standard InChI is InChI=1S/C16H27N3O4S.ClH/c1-5-10-16(4,17)15(21)18-13-11-12(8-9-14(13)20)24(22,23)19(6-2)7-3;/h8-9,11,20H,5-7,10,17H2,1-4H3,(H,18,21);1H. The Balaban J connectivity index is 0.00000576. The molecule has 0 radical (unpaired) electrons. The number of halogens is 1. The average Bonchev–Trinajstić information content (AvgIpc) is 2.50. The van der Waals surface area contributed by atoms with Gasteiger partial charge in [0.2, 0.25) is 15.9 Å². The van der Waals surface area contributed by atoms with Gasteiger partial charge in [-0.1, -0.05) is 27.2 Å². The van der Waals surface area contributed by atoms with E-state index in [2.05, 4.69) is 5.32 Å². The molecule has 0 aliphatic heterocycles. The Morgan fingerprint density at radius 3 is 2.32 bits per heavy atom. The smallest absolute Gasteiger partial charge is 0.244 e. The molecule has 7 nitrogen and oxygen atoms in total. The van der Waals surface area contributed by atoms with E-state index in [1.165, 1.54) is 22.5 Å². The van der Waals surface area contributed by atoms with Crippen LogP contribution in [0.15, 0.2) is 23.1 Å². The molecule has 4 N–H and O–H groups in total. The number of nitrogens with zero attached hydrogens (tertiary/aromatic N) is 1. The Morgan fingerprint density at radius 2 is 1.84 bits per heavy atom. The van der Waals surface area contributed by atoms with Gasteiger partial charge in [0.1, 0.15) is 5.75 Å². The van der Waals surface area contributed by atoms with Crippen molar-refractivity contribution in [1.29, 1.82) is 0 Å². The highest BCUT2D eigenvalue weighted by atomic mass is 35.5. The van der Waals surface area contributed by atoms with Crippen LogP contribution < -0.4 is 11.1 Å². The van der Waals surface area contributed by atoms with E-state index in [1.54, 1.807) is 20.8 Å². The lowest BCUT2D eigenvalue weighted by atomic mass is 9.96. The number of amides is 1. The molecule has 0 saturated heterocycles. The van der Waals surface area contributed by atoms with Gasteiger partial charge in [-0.25, -0.2) is 8.42 Å².